The average Bonchev–Trinajstić information content (AvgIpc) is 3.05. The molecule has 0 saturated carbocycles. The SMILES string of the molecule is Cc1ccc(-c2csc(SCC(=O)Nc3ccc(F)cc3Cl)n2)cc1. The Labute approximate surface area is 158 Å². The molecule has 2 aromatic carbocycles. The van der Waals surface area contributed by atoms with Gasteiger partial charge in [0, 0.05) is 10.9 Å². The fraction of sp³-hybridized carbons (Fsp3) is 0.111. The number of carbonyl (C=O) groups excluding carboxylic acids is 1. The number of benzene rings is 2. The van der Waals surface area contributed by atoms with Crippen molar-refractivity contribution in [3.05, 3.63) is 64.2 Å². The molecule has 0 aliphatic heterocycles. The van der Waals surface area contributed by atoms with Crippen molar-refractivity contribution in [2.45, 2.75) is 11.3 Å². The molecule has 0 aliphatic carbocycles. The van der Waals surface area contributed by atoms with Crippen LogP contribution >= 0.6 is 34.7 Å². The fourth-order valence-corrected chi connectivity index (χ4v) is 3.93. The molecule has 0 unspecified atom stereocenters. The van der Waals surface area contributed by atoms with Gasteiger partial charge in [0.1, 0.15) is 5.82 Å². The standard InChI is InChI=1S/C18H14ClFN2OS2/c1-11-2-4-12(5-3-11)16-9-24-18(22-16)25-10-17(23)21-15-7-6-13(20)8-14(15)19/h2-9H,10H2,1H3,(H,21,23). The Morgan fingerprint density at radius 2 is 2.04 bits per heavy atom. The van der Waals surface area contributed by atoms with Crippen LogP contribution in [-0.4, -0.2) is 16.6 Å². The summed E-state index contributed by atoms with van der Waals surface area (Å²) in [6, 6.07) is 12.0. The average molecular weight is 393 g/mol. The molecule has 25 heavy (non-hydrogen) atoms. The van der Waals surface area contributed by atoms with Crippen LogP contribution in [0.2, 0.25) is 5.02 Å². The Balaban J connectivity index is 1.58. The van der Waals surface area contributed by atoms with Gasteiger partial charge in [-0.15, -0.1) is 11.3 Å². The van der Waals surface area contributed by atoms with Gasteiger partial charge in [0.2, 0.25) is 5.91 Å². The number of nitrogens with zero attached hydrogens (tertiary/aromatic N) is 1. The topological polar surface area (TPSA) is 42.0 Å². The Morgan fingerprint density at radius 1 is 1.28 bits per heavy atom. The number of anilines is 1. The van der Waals surface area contributed by atoms with Crippen LogP contribution in [-0.2, 0) is 4.79 Å². The van der Waals surface area contributed by atoms with Crippen molar-refractivity contribution < 1.29 is 9.18 Å². The van der Waals surface area contributed by atoms with E-state index in [-0.39, 0.29) is 16.7 Å². The van der Waals surface area contributed by atoms with E-state index in [1.165, 1.54) is 46.9 Å². The van der Waals surface area contributed by atoms with E-state index >= 15 is 0 Å². The van der Waals surface area contributed by atoms with Gasteiger partial charge in [-0.3, -0.25) is 4.79 Å². The van der Waals surface area contributed by atoms with Crippen molar-refractivity contribution in [3.8, 4) is 11.3 Å². The van der Waals surface area contributed by atoms with Gasteiger partial charge in [0.25, 0.3) is 0 Å². The monoisotopic (exact) mass is 392 g/mol. The quantitative estimate of drug-likeness (QED) is 0.571. The molecule has 1 heterocycles. The number of hydrogen-bond donors (Lipinski definition) is 1. The van der Waals surface area contributed by atoms with Crippen molar-refractivity contribution in [3.63, 3.8) is 0 Å². The summed E-state index contributed by atoms with van der Waals surface area (Å²) in [5, 5.41) is 4.82. The van der Waals surface area contributed by atoms with Gasteiger partial charge in [-0.05, 0) is 25.1 Å². The van der Waals surface area contributed by atoms with Crippen molar-refractivity contribution in [1.29, 1.82) is 0 Å². The van der Waals surface area contributed by atoms with Crippen molar-refractivity contribution in [1.82, 2.24) is 4.98 Å². The summed E-state index contributed by atoms with van der Waals surface area (Å²) >= 11 is 8.75. The highest BCUT2D eigenvalue weighted by Gasteiger charge is 2.10. The molecule has 3 rings (SSSR count). The number of amides is 1. The van der Waals surface area contributed by atoms with E-state index in [4.69, 9.17) is 11.6 Å². The molecule has 128 valence electrons. The van der Waals surface area contributed by atoms with Crippen LogP contribution in [0.5, 0.6) is 0 Å². The van der Waals surface area contributed by atoms with E-state index in [0.29, 0.717) is 5.69 Å². The zero-order chi connectivity index (χ0) is 17.8. The predicted molar refractivity (Wildman–Crippen MR) is 103 cm³/mol. The molecule has 7 heteroatoms. The molecule has 1 N–H and O–H groups in total. The summed E-state index contributed by atoms with van der Waals surface area (Å²) in [6.07, 6.45) is 0. The summed E-state index contributed by atoms with van der Waals surface area (Å²) in [4.78, 5) is 16.6. The summed E-state index contributed by atoms with van der Waals surface area (Å²) in [5.41, 5.74) is 3.54. The minimum absolute atomic E-state index is 0.175. The molecule has 0 atom stereocenters. The Bertz CT molecular complexity index is 896. The minimum atomic E-state index is -0.441. The highest BCUT2D eigenvalue weighted by Crippen LogP contribution is 2.29. The predicted octanol–water partition coefficient (Wildman–Crippen LogP) is 5.64. The maximum absolute atomic E-state index is 13.0. The van der Waals surface area contributed by atoms with E-state index in [1.807, 2.05) is 36.6 Å². The number of aryl methyl sites for hydroxylation is 1. The second kappa shape index (κ2) is 7.99. The van der Waals surface area contributed by atoms with Crippen LogP contribution in [0.15, 0.2) is 52.2 Å². The van der Waals surface area contributed by atoms with Gasteiger partial charge in [0.05, 0.1) is 22.2 Å². The number of aromatic nitrogens is 1. The molecule has 3 nitrogen and oxygen atoms in total. The summed E-state index contributed by atoms with van der Waals surface area (Å²) in [5.74, 6) is -0.455. The highest BCUT2D eigenvalue weighted by atomic mass is 35.5. The molecule has 0 saturated heterocycles. The lowest BCUT2D eigenvalue weighted by Crippen LogP contribution is -2.14. The van der Waals surface area contributed by atoms with Crippen LogP contribution in [0.4, 0.5) is 10.1 Å². The Kier molecular flexibility index (Phi) is 5.73. The van der Waals surface area contributed by atoms with Gasteiger partial charge < -0.3 is 5.32 Å². The van der Waals surface area contributed by atoms with Crippen LogP contribution in [0.1, 0.15) is 5.56 Å². The lowest BCUT2D eigenvalue weighted by molar-refractivity contribution is -0.113. The molecule has 0 bridgehead atoms. The van der Waals surface area contributed by atoms with E-state index in [9.17, 15) is 9.18 Å². The number of thioether (sulfide) groups is 1. The number of carbonyl (C=O) groups is 1. The number of rotatable bonds is 5. The zero-order valence-corrected chi connectivity index (χ0v) is 15.6. The maximum Gasteiger partial charge on any atom is 0.234 e. The summed E-state index contributed by atoms with van der Waals surface area (Å²) < 4.78 is 13.8. The first-order valence-electron chi connectivity index (χ1n) is 7.41. The molecule has 1 amide bonds. The fourth-order valence-electron chi connectivity index (χ4n) is 2.08. The molecule has 0 spiro atoms. The van der Waals surface area contributed by atoms with Gasteiger partial charge in [-0.2, -0.15) is 0 Å². The van der Waals surface area contributed by atoms with Gasteiger partial charge in [-0.25, -0.2) is 9.37 Å². The third-order valence-electron chi connectivity index (χ3n) is 3.36. The largest absolute Gasteiger partial charge is 0.324 e. The molecule has 0 fully saturated rings. The van der Waals surface area contributed by atoms with Crippen LogP contribution in [0.25, 0.3) is 11.3 Å². The van der Waals surface area contributed by atoms with Gasteiger partial charge >= 0.3 is 0 Å². The van der Waals surface area contributed by atoms with Gasteiger partial charge in [0.15, 0.2) is 4.34 Å². The summed E-state index contributed by atoms with van der Waals surface area (Å²) in [7, 11) is 0. The third kappa shape index (κ3) is 4.81. The first-order chi connectivity index (χ1) is 12.0. The molecule has 1 aromatic heterocycles. The van der Waals surface area contributed by atoms with Crippen LogP contribution < -0.4 is 5.32 Å². The second-order valence-electron chi connectivity index (χ2n) is 5.33. The lowest BCUT2D eigenvalue weighted by atomic mass is 10.1. The van der Waals surface area contributed by atoms with Crippen LogP contribution in [0.3, 0.4) is 0 Å². The first-order valence-corrected chi connectivity index (χ1v) is 9.66. The smallest absolute Gasteiger partial charge is 0.234 e. The third-order valence-corrected chi connectivity index (χ3v) is 5.70. The maximum atomic E-state index is 13.0. The number of nitrogens with one attached hydrogen (secondary N) is 1. The number of hydrogen-bond acceptors (Lipinski definition) is 4. The minimum Gasteiger partial charge on any atom is -0.324 e. The lowest BCUT2D eigenvalue weighted by Gasteiger charge is -2.06. The zero-order valence-electron chi connectivity index (χ0n) is 13.3. The van der Waals surface area contributed by atoms with Crippen molar-refractivity contribution in [2.75, 3.05) is 11.1 Å². The van der Waals surface area contributed by atoms with E-state index < -0.39 is 5.82 Å². The summed E-state index contributed by atoms with van der Waals surface area (Å²) in [6.45, 7) is 2.04. The van der Waals surface area contributed by atoms with Gasteiger partial charge in [-0.1, -0.05) is 53.2 Å². The Hall–Kier alpha value is -1.89. The molecular weight excluding hydrogens is 379 g/mol. The second-order valence-corrected chi connectivity index (χ2v) is 7.81. The van der Waals surface area contributed by atoms with E-state index in [1.54, 1.807) is 0 Å². The first kappa shape index (κ1) is 17.9. The Morgan fingerprint density at radius 3 is 2.76 bits per heavy atom. The number of thiazole rings is 1. The van der Waals surface area contributed by atoms with E-state index in [2.05, 4.69) is 10.3 Å². The van der Waals surface area contributed by atoms with Crippen LogP contribution in [0, 0.1) is 12.7 Å². The van der Waals surface area contributed by atoms with Crippen molar-refractivity contribution in [2.24, 2.45) is 0 Å². The van der Waals surface area contributed by atoms with Crippen molar-refractivity contribution >= 4 is 46.3 Å². The normalized spacial score (nSPS) is 10.7. The molecule has 0 radical (unpaired) electrons. The van der Waals surface area contributed by atoms with E-state index in [0.717, 1.165) is 15.6 Å². The number of halogens is 2. The molecule has 0 aliphatic rings. The molecule has 3 aromatic rings. The molecular formula is C18H14ClFN2OS2. The highest BCUT2D eigenvalue weighted by molar-refractivity contribution is 8.01.